The molecule has 0 unspecified atom stereocenters. The van der Waals surface area contributed by atoms with Gasteiger partial charge in [-0.25, -0.2) is 9.37 Å². The number of anilines is 2. The molecule has 0 radical (unpaired) electrons. The Morgan fingerprint density at radius 3 is 2.50 bits per heavy atom. The Kier molecular flexibility index (Phi) is 3.01. The summed E-state index contributed by atoms with van der Waals surface area (Å²) in [5, 5.41) is 2.84. The van der Waals surface area contributed by atoms with Crippen LogP contribution in [0, 0.1) is 11.8 Å². The van der Waals surface area contributed by atoms with Crippen LogP contribution in [0.15, 0.2) is 36.4 Å². The lowest BCUT2D eigenvalue weighted by Crippen LogP contribution is -1.97. The van der Waals surface area contributed by atoms with E-state index in [9.17, 15) is 8.78 Å². The van der Waals surface area contributed by atoms with Gasteiger partial charge in [0.05, 0.1) is 10.7 Å². The van der Waals surface area contributed by atoms with Crippen molar-refractivity contribution in [2.45, 2.75) is 0 Å². The monoisotopic (exact) mass is 240 g/mol. The Bertz CT molecular complexity index is 497. The van der Waals surface area contributed by atoms with Crippen LogP contribution in [0.3, 0.4) is 0 Å². The molecule has 0 amide bonds. The van der Waals surface area contributed by atoms with Crippen LogP contribution in [0.5, 0.6) is 0 Å². The van der Waals surface area contributed by atoms with Gasteiger partial charge in [0, 0.05) is 0 Å². The maximum absolute atomic E-state index is 13.4. The van der Waals surface area contributed by atoms with E-state index < -0.39 is 11.8 Å². The quantitative estimate of drug-likeness (QED) is 0.809. The van der Waals surface area contributed by atoms with Crippen molar-refractivity contribution >= 4 is 23.1 Å². The zero-order valence-corrected chi connectivity index (χ0v) is 8.80. The smallest absolute Gasteiger partial charge is 0.214 e. The number of halogens is 3. The van der Waals surface area contributed by atoms with Crippen molar-refractivity contribution in [1.82, 2.24) is 4.98 Å². The van der Waals surface area contributed by atoms with Gasteiger partial charge in [0.2, 0.25) is 5.95 Å². The van der Waals surface area contributed by atoms with Crippen LogP contribution >= 0.6 is 11.6 Å². The molecular weight excluding hydrogens is 234 g/mol. The molecule has 0 saturated heterocycles. The molecule has 0 aliphatic rings. The third kappa shape index (κ3) is 2.28. The maximum atomic E-state index is 13.4. The zero-order chi connectivity index (χ0) is 11.5. The van der Waals surface area contributed by atoms with Gasteiger partial charge < -0.3 is 5.32 Å². The number of hydrogen-bond acceptors (Lipinski definition) is 2. The Labute approximate surface area is 95.9 Å². The number of rotatable bonds is 2. The average Bonchev–Trinajstić information content (AvgIpc) is 2.24. The van der Waals surface area contributed by atoms with Gasteiger partial charge in [-0.3, -0.25) is 0 Å². The van der Waals surface area contributed by atoms with Crippen LogP contribution in [0.2, 0.25) is 5.02 Å². The van der Waals surface area contributed by atoms with Crippen molar-refractivity contribution in [2.24, 2.45) is 0 Å². The van der Waals surface area contributed by atoms with E-state index in [0.29, 0.717) is 0 Å². The summed E-state index contributed by atoms with van der Waals surface area (Å²) in [7, 11) is 0. The fourth-order valence-electron chi connectivity index (χ4n) is 1.22. The van der Waals surface area contributed by atoms with Gasteiger partial charge in [-0.2, -0.15) is 4.39 Å². The third-order valence-corrected chi connectivity index (χ3v) is 2.25. The summed E-state index contributed by atoms with van der Waals surface area (Å²) in [5.41, 5.74) is 0.0854. The molecule has 5 heteroatoms. The Hall–Kier alpha value is -1.68. The lowest BCUT2D eigenvalue weighted by Gasteiger charge is -2.08. The highest BCUT2D eigenvalue weighted by molar-refractivity contribution is 6.33. The van der Waals surface area contributed by atoms with Crippen LogP contribution in [0.4, 0.5) is 20.3 Å². The first kappa shape index (κ1) is 10.8. The highest BCUT2D eigenvalue weighted by Gasteiger charge is 2.07. The highest BCUT2D eigenvalue weighted by Crippen LogP contribution is 2.27. The minimum Gasteiger partial charge on any atom is -0.337 e. The molecule has 1 N–H and O–H groups in total. The van der Waals surface area contributed by atoms with Gasteiger partial charge in [-0.05, 0) is 24.3 Å². The van der Waals surface area contributed by atoms with Crippen molar-refractivity contribution in [3.63, 3.8) is 0 Å². The molecule has 0 fully saturated rings. The molecule has 0 spiro atoms. The topological polar surface area (TPSA) is 24.9 Å². The summed E-state index contributed by atoms with van der Waals surface area (Å²) in [6.45, 7) is 0. The van der Waals surface area contributed by atoms with E-state index >= 15 is 0 Å². The van der Waals surface area contributed by atoms with Crippen molar-refractivity contribution in [3.05, 3.63) is 53.2 Å². The number of nitrogens with one attached hydrogen (secondary N) is 1. The van der Waals surface area contributed by atoms with Gasteiger partial charge in [-0.1, -0.05) is 23.7 Å². The third-order valence-electron chi connectivity index (χ3n) is 1.93. The molecule has 0 atom stereocenters. The van der Waals surface area contributed by atoms with E-state index in [0.717, 1.165) is 0 Å². The van der Waals surface area contributed by atoms with Crippen molar-refractivity contribution < 1.29 is 8.78 Å². The van der Waals surface area contributed by atoms with Gasteiger partial charge in [0.1, 0.15) is 11.6 Å². The normalized spacial score (nSPS) is 10.2. The standard InChI is InChI=1S/C11H7ClF2N2/c12-7-3-1-4-8(13)11(7)16-10-6-2-5-9(14)15-10/h1-6H,(H,15,16). The Morgan fingerprint density at radius 1 is 1.06 bits per heavy atom. The van der Waals surface area contributed by atoms with E-state index in [4.69, 9.17) is 11.6 Å². The molecule has 16 heavy (non-hydrogen) atoms. The molecular formula is C11H7ClF2N2. The predicted molar refractivity (Wildman–Crippen MR) is 58.9 cm³/mol. The summed E-state index contributed by atoms with van der Waals surface area (Å²) in [5.74, 6) is -0.956. The fraction of sp³-hybridized carbons (Fsp3) is 0. The van der Waals surface area contributed by atoms with Crippen LogP contribution in [-0.2, 0) is 0 Å². The molecule has 1 heterocycles. The summed E-state index contributed by atoms with van der Waals surface area (Å²) < 4.78 is 26.2. The molecule has 2 nitrogen and oxygen atoms in total. The second kappa shape index (κ2) is 4.45. The molecule has 1 aromatic carbocycles. The number of para-hydroxylation sites is 1. The number of aromatic nitrogens is 1. The highest BCUT2D eigenvalue weighted by atomic mass is 35.5. The lowest BCUT2D eigenvalue weighted by atomic mass is 10.3. The average molecular weight is 241 g/mol. The Balaban J connectivity index is 2.34. The second-order valence-electron chi connectivity index (χ2n) is 3.07. The molecule has 2 rings (SSSR count). The van der Waals surface area contributed by atoms with Gasteiger partial charge >= 0.3 is 0 Å². The molecule has 0 aliphatic carbocycles. The van der Waals surface area contributed by atoms with E-state index in [2.05, 4.69) is 10.3 Å². The molecule has 0 aliphatic heterocycles. The Morgan fingerprint density at radius 2 is 1.81 bits per heavy atom. The molecule has 82 valence electrons. The molecule has 1 aromatic heterocycles. The van der Waals surface area contributed by atoms with Crippen LogP contribution in [0.1, 0.15) is 0 Å². The first-order chi connectivity index (χ1) is 7.66. The zero-order valence-electron chi connectivity index (χ0n) is 8.05. The van der Waals surface area contributed by atoms with Crippen molar-refractivity contribution in [3.8, 4) is 0 Å². The van der Waals surface area contributed by atoms with E-state index in [-0.39, 0.29) is 16.5 Å². The molecule has 0 saturated carbocycles. The summed E-state index contributed by atoms with van der Waals surface area (Å²) in [6.07, 6.45) is 0. The van der Waals surface area contributed by atoms with Gasteiger partial charge in [0.15, 0.2) is 0 Å². The molecule has 0 bridgehead atoms. The maximum Gasteiger partial charge on any atom is 0.214 e. The largest absolute Gasteiger partial charge is 0.337 e. The predicted octanol–water partition coefficient (Wildman–Crippen LogP) is 3.76. The van der Waals surface area contributed by atoms with Gasteiger partial charge in [-0.15, -0.1) is 0 Å². The van der Waals surface area contributed by atoms with Crippen LogP contribution < -0.4 is 5.32 Å². The van der Waals surface area contributed by atoms with E-state index in [1.807, 2.05) is 0 Å². The fourth-order valence-corrected chi connectivity index (χ4v) is 1.43. The first-order valence-corrected chi connectivity index (χ1v) is 4.88. The van der Waals surface area contributed by atoms with Gasteiger partial charge in [0.25, 0.3) is 0 Å². The minimum absolute atomic E-state index is 0.0854. The van der Waals surface area contributed by atoms with Crippen LogP contribution in [-0.4, -0.2) is 4.98 Å². The number of benzene rings is 1. The summed E-state index contributed by atoms with van der Waals surface area (Å²) >= 11 is 5.80. The lowest BCUT2D eigenvalue weighted by molar-refractivity contribution is 0.585. The minimum atomic E-state index is -0.641. The number of nitrogens with zero attached hydrogens (tertiary/aromatic N) is 1. The number of hydrogen-bond donors (Lipinski definition) is 1. The van der Waals surface area contributed by atoms with Crippen LogP contribution in [0.25, 0.3) is 0 Å². The molecule has 2 aromatic rings. The van der Waals surface area contributed by atoms with Crippen molar-refractivity contribution in [2.75, 3.05) is 5.32 Å². The van der Waals surface area contributed by atoms with Crippen molar-refractivity contribution in [1.29, 1.82) is 0 Å². The SMILES string of the molecule is Fc1cccc(Nc2c(F)cccc2Cl)n1. The van der Waals surface area contributed by atoms with E-state index in [1.54, 1.807) is 0 Å². The van der Waals surface area contributed by atoms with E-state index in [1.165, 1.54) is 36.4 Å². The summed E-state index contributed by atoms with van der Waals surface area (Å²) in [6, 6.07) is 8.47. The summed E-state index contributed by atoms with van der Waals surface area (Å²) in [4.78, 5) is 3.55. The second-order valence-corrected chi connectivity index (χ2v) is 3.47. The number of pyridine rings is 1. The first-order valence-electron chi connectivity index (χ1n) is 4.50.